The van der Waals surface area contributed by atoms with Crippen LogP contribution in [0.3, 0.4) is 0 Å². The summed E-state index contributed by atoms with van der Waals surface area (Å²) in [5, 5.41) is 0.724. The number of nitrogens with zero attached hydrogens (tertiary/aromatic N) is 1. The summed E-state index contributed by atoms with van der Waals surface area (Å²) in [6.45, 7) is 2.24. The van der Waals surface area contributed by atoms with Crippen LogP contribution in [0.1, 0.15) is 60.2 Å². The number of rotatable bonds is 4. The van der Waals surface area contributed by atoms with E-state index in [1.54, 1.807) is 11.3 Å². The van der Waals surface area contributed by atoms with Crippen molar-refractivity contribution in [2.24, 2.45) is 0 Å². The van der Waals surface area contributed by atoms with Crippen molar-refractivity contribution in [3.8, 4) is 0 Å². The fourth-order valence-corrected chi connectivity index (χ4v) is 4.10. The van der Waals surface area contributed by atoms with E-state index in [4.69, 9.17) is 5.73 Å². The summed E-state index contributed by atoms with van der Waals surface area (Å²) in [6.07, 6.45) is 7.27. The molecule has 2 aromatic rings. The van der Waals surface area contributed by atoms with E-state index in [0.29, 0.717) is 5.92 Å². The Hall–Kier alpha value is -1.35. The summed E-state index contributed by atoms with van der Waals surface area (Å²) < 4.78 is 0. The molecule has 1 heterocycles. The molecular weight excluding hydrogens is 264 g/mol. The molecule has 0 aliphatic heterocycles. The van der Waals surface area contributed by atoms with E-state index in [1.165, 1.54) is 53.8 Å². The zero-order chi connectivity index (χ0) is 13.9. The molecule has 0 saturated carbocycles. The fraction of sp³-hybridized carbons (Fsp3) is 0.471. The van der Waals surface area contributed by atoms with Gasteiger partial charge in [0, 0.05) is 10.8 Å². The second-order valence-electron chi connectivity index (χ2n) is 5.65. The van der Waals surface area contributed by atoms with E-state index in [9.17, 15) is 0 Å². The molecule has 3 rings (SSSR count). The number of hydrogen-bond acceptors (Lipinski definition) is 3. The number of hydrogen-bond donors (Lipinski definition) is 1. The van der Waals surface area contributed by atoms with Crippen LogP contribution in [0.15, 0.2) is 24.3 Å². The largest absolute Gasteiger partial charge is 0.375 e. The topological polar surface area (TPSA) is 38.9 Å². The lowest BCUT2D eigenvalue weighted by Gasteiger charge is -2.21. The van der Waals surface area contributed by atoms with Crippen molar-refractivity contribution in [1.29, 1.82) is 0 Å². The van der Waals surface area contributed by atoms with Gasteiger partial charge in [-0.25, -0.2) is 4.98 Å². The van der Waals surface area contributed by atoms with Gasteiger partial charge in [-0.1, -0.05) is 37.6 Å². The molecule has 1 unspecified atom stereocenters. The molecule has 106 valence electrons. The zero-order valence-corrected chi connectivity index (χ0v) is 12.9. The van der Waals surface area contributed by atoms with Gasteiger partial charge in [-0.05, 0) is 43.2 Å². The quantitative estimate of drug-likeness (QED) is 0.896. The zero-order valence-electron chi connectivity index (χ0n) is 12.1. The second kappa shape index (κ2) is 5.96. The van der Waals surface area contributed by atoms with Gasteiger partial charge < -0.3 is 5.73 Å². The minimum atomic E-state index is 0.508. The van der Waals surface area contributed by atoms with Gasteiger partial charge >= 0.3 is 0 Å². The minimum absolute atomic E-state index is 0.508. The SMILES string of the molecule is CCCCc1ccc(C2CCCc3nc(N)sc32)cc1. The number of anilines is 1. The van der Waals surface area contributed by atoms with Crippen molar-refractivity contribution in [3.63, 3.8) is 0 Å². The Labute approximate surface area is 125 Å². The average molecular weight is 286 g/mol. The Morgan fingerprint density at radius 1 is 1.30 bits per heavy atom. The van der Waals surface area contributed by atoms with E-state index in [2.05, 4.69) is 36.2 Å². The van der Waals surface area contributed by atoms with Crippen LogP contribution in [0, 0.1) is 0 Å². The lowest BCUT2D eigenvalue weighted by atomic mass is 9.86. The van der Waals surface area contributed by atoms with E-state index < -0.39 is 0 Å². The van der Waals surface area contributed by atoms with Gasteiger partial charge in [0.1, 0.15) is 0 Å². The van der Waals surface area contributed by atoms with Gasteiger partial charge in [-0.3, -0.25) is 0 Å². The number of nitrogens with two attached hydrogens (primary N) is 1. The molecule has 0 saturated heterocycles. The third-order valence-electron chi connectivity index (χ3n) is 4.17. The number of aryl methyl sites for hydroxylation is 2. The fourth-order valence-electron chi connectivity index (χ4n) is 3.05. The molecule has 0 radical (unpaired) electrons. The predicted octanol–water partition coefficient (Wildman–Crippen LogP) is 4.54. The third kappa shape index (κ3) is 2.73. The molecule has 0 spiro atoms. The number of unbranched alkanes of at least 4 members (excludes halogenated alkanes) is 1. The van der Waals surface area contributed by atoms with Gasteiger partial charge in [0.25, 0.3) is 0 Å². The molecule has 1 aromatic heterocycles. The predicted molar refractivity (Wildman–Crippen MR) is 86.4 cm³/mol. The first-order valence-corrected chi connectivity index (χ1v) is 8.43. The van der Waals surface area contributed by atoms with E-state index in [0.717, 1.165) is 11.6 Å². The number of fused-ring (bicyclic) bond motifs is 1. The Morgan fingerprint density at radius 3 is 2.85 bits per heavy atom. The van der Waals surface area contributed by atoms with Crippen LogP contribution in [0.2, 0.25) is 0 Å². The highest BCUT2D eigenvalue weighted by atomic mass is 32.1. The first kappa shape index (κ1) is 13.6. The smallest absolute Gasteiger partial charge is 0.180 e. The van der Waals surface area contributed by atoms with Gasteiger partial charge in [0.15, 0.2) is 5.13 Å². The summed E-state index contributed by atoms with van der Waals surface area (Å²) in [5.74, 6) is 0.508. The van der Waals surface area contributed by atoms with Crippen molar-refractivity contribution >= 4 is 16.5 Å². The van der Waals surface area contributed by atoms with Crippen molar-refractivity contribution in [2.45, 2.75) is 51.4 Å². The summed E-state index contributed by atoms with van der Waals surface area (Å²) in [4.78, 5) is 5.88. The van der Waals surface area contributed by atoms with Crippen LogP contribution >= 0.6 is 11.3 Å². The third-order valence-corrected chi connectivity index (χ3v) is 5.21. The molecule has 0 amide bonds. The molecule has 3 heteroatoms. The minimum Gasteiger partial charge on any atom is -0.375 e. The first-order chi connectivity index (χ1) is 9.78. The lowest BCUT2D eigenvalue weighted by Crippen LogP contribution is -2.09. The maximum Gasteiger partial charge on any atom is 0.180 e. The van der Waals surface area contributed by atoms with Crippen LogP contribution < -0.4 is 5.73 Å². The van der Waals surface area contributed by atoms with Gasteiger partial charge in [-0.15, -0.1) is 11.3 Å². The molecule has 1 atom stereocenters. The molecular formula is C17H22N2S. The van der Waals surface area contributed by atoms with E-state index in [1.807, 2.05) is 0 Å². The molecule has 20 heavy (non-hydrogen) atoms. The van der Waals surface area contributed by atoms with Gasteiger partial charge in [0.05, 0.1) is 5.69 Å². The molecule has 1 aliphatic rings. The standard InChI is InChI=1S/C17H22N2S/c1-2-3-5-12-8-10-13(11-9-12)14-6-4-7-15-16(14)20-17(18)19-15/h8-11,14H,2-7H2,1H3,(H2,18,19). The first-order valence-electron chi connectivity index (χ1n) is 7.62. The molecule has 2 N–H and O–H groups in total. The van der Waals surface area contributed by atoms with Crippen LogP contribution in [0.25, 0.3) is 0 Å². The monoisotopic (exact) mass is 286 g/mol. The molecule has 0 bridgehead atoms. The molecule has 1 aromatic carbocycles. The molecule has 2 nitrogen and oxygen atoms in total. The van der Waals surface area contributed by atoms with Crippen molar-refractivity contribution in [1.82, 2.24) is 4.98 Å². The highest BCUT2D eigenvalue weighted by Gasteiger charge is 2.25. The van der Waals surface area contributed by atoms with Crippen LogP contribution in [-0.2, 0) is 12.8 Å². The highest BCUT2D eigenvalue weighted by Crippen LogP contribution is 2.40. The van der Waals surface area contributed by atoms with Crippen LogP contribution in [0.5, 0.6) is 0 Å². The summed E-state index contributed by atoms with van der Waals surface area (Å²) >= 11 is 1.68. The van der Waals surface area contributed by atoms with Gasteiger partial charge in [0.2, 0.25) is 0 Å². The number of thiazole rings is 1. The van der Waals surface area contributed by atoms with Crippen LogP contribution in [0.4, 0.5) is 5.13 Å². The average Bonchev–Trinajstić information content (AvgIpc) is 2.85. The Morgan fingerprint density at radius 2 is 2.10 bits per heavy atom. The molecule has 1 aliphatic carbocycles. The second-order valence-corrected chi connectivity index (χ2v) is 6.72. The van der Waals surface area contributed by atoms with Crippen molar-refractivity contribution < 1.29 is 0 Å². The van der Waals surface area contributed by atoms with Gasteiger partial charge in [-0.2, -0.15) is 0 Å². The summed E-state index contributed by atoms with van der Waals surface area (Å²) in [7, 11) is 0. The number of nitrogen functional groups attached to an aromatic ring is 1. The normalized spacial score (nSPS) is 17.9. The van der Waals surface area contributed by atoms with E-state index in [-0.39, 0.29) is 0 Å². The van der Waals surface area contributed by atoms with Crippen LogP contribution in [-0.4, -0.2) is 4.98 Å². The van der Waals surface area contributed by atoms with E-state index >= 15 is 0 Å². The summed E-state index contributed by atoms with van der Waals surface area (Å²) in [6, 6.07) is 9.20. The Bertz CT molecular complexity index is 571. The highest BCUT2D eigenvalue weighted by molar-refractivity contribution is 7.15. The van der Waals surface area contributed by atoms with Crippen molar-refractivity contribution in [3.05, 3.63) is 46.0 Å². The lowest BCUT2D eigenvalue weighted by molar-refractivity contribution is 0.617. The Balaban J connectivity index is 1.83. The molecule has 0 fully saturated rings. The Kier molecular flexibility index (Phi) is 4.06. The summed E-state index contributed by atoms with van der Waals surface area (Å²) in [5.41, 5.74) is 10.00. The number of benzene rings is 1. The van der Waals surface area contributed by atoms with Crippen molar-refractivity contribution in [2.75, 3.05) is 5.73 Å². The maximum absolute atomic E-state index is 5.89. The maximum atomic E-state index is 5.89. The number of aromatic nitrogens is 1.